The molecule has 0 aromatic heterocycles. The lowest BCUT2D eigenvalue weighted by molar-refractivity contribution is -0.123. The Morgan fingerprint density at radius 1 is 1.03 bits per heavy atom. The van der Waals surface area contributed by atoms with Gasteiger partial charge in [-0.05, 0) is 72.6 Å². The van der Waals surface area contributed by atoms with Crippen molar-refractivity contribution in [3.8, 4) is 5.75 Å². The van der Waals surface area contributed by atoms with E-state index in [0.29, 0.717) is 26.9 Å². The molecule has 0 unspecified atom stereocenters. The number of amides is 3. The highest BCUT2D eigenvalue weighted by atomic mass is 35.5. The topological polar surface area (TPSA) is 75.7 Å². The summed E-state index contributed by atoms with van der Waals surface area (Å²) >= 11 is 13.3. The van der Waals surface area contributed by atoms with Crippen LogP contribution in [0.2, 0.25) is 10.0 Å². The van der Waals surface area contributed by atoms with Crippen molar-refractivity contribution in [3.63, 3.8) is 0 Å². The van der Waals surface area contributed by atoms with E-state index in [1.54, 1.807) is 36.4 Å². The van der Waals surface area contributed by atoms with Crippen molar-refractivity contribution in [3.05, 3.63) is 97.9 Å². The van der Waals surface area contributed by atoms with Gasteiger partial charge in [0.25, 0.3) is 17.1 Å². The number of ether oxygens (including phenoxy) is 1. The van der Waals surface area contributed by atoms with Crippen LogP contribution in [0.4, 0.5) is 10.5 Å². The van der Waals surface area contributed by atoms with E-state index in [9.17, 15) is 14.4 Å². The molecule has 0 radical (unpaired) electrons. The fourth-order valence-corrected chi connectivity index (χ4v) is 4.78. The molecule has 36 heavy (non-hydrogen) atoms. The second-order valence-corrected chi connectivity index (χ2v) is 10.1. The van der Waals surface area contributed by atoms with Crippen LogP contribution in [-0.2, 0) is 16.1 Å². The largest absolute Gasteiger partial charge is 0.482 e. The summed E-state index contributed by atoms with van der Waals surface area (Å²) in [5, 5.41) is 3.22. The van der Waals surface area contributed by atoms with Crippen LogP contribution in [0.3, 0.4) is 0 Å². The molecule has 1 heterocycles. The lowest BCUT2D eigenvalue weighted by Gasteiger charge is -2.12. The quantitative estimate of drug-likeness (QED) is 0.331. The van der Waals surface area contributed by atoms with Gasteiger partial charge in [0.2, 0.25) is 0 Å². The predicted molar refractivity (Wildman–Crippen MR) is 144 cm³/mol. The van der Waals surface area contributed by atoms with E-state index in [1.807, 2.05) is 44.2 Å². The summed E-state index contributed by atoms with van der Waals surface area (Å²) in [6, 6.07) is 17.8. The Morgan fingerprint density at radius 3 is 2.56 bits per heavy atom. The lowest BCUT2D eigenvalue weighted by Crippen LogP contribution is -2.27. The molecule has 6 nitrogen and oxygen atoms in total. The highest BCUT2D eigenvalue weighted by Crippen LogP contribution is 2.34. The third kappa shape index (κ3) is 6.29. The van der Waals surface area contributed by atoms with Crippen molar-refractivity contribution >= 4 is 63.8 Å². The minimum absolute atomic E-state index is 0.216. The highest BCUT2D eigenvalue weighted by molar-refractivity contribution is 8.18. The molecule has 184 valence electrons. The van der Waals surface area contributed by atoms with Crippen LogP contribution < -0.4 is 10.1 Å². The maximum atomic E-state index is 12.8. The van der Waals surface area contributed by atoms with Gasteiger partial charge in [-0.2, -0.15) is 0 Å². The molecule has 0 bridgehead atoms. The number of nitrogens with zero attached hydrogens (tertiary/aromatic N) is 1. The second kappa shape index (κ2) is 11.2. The maximum absolute atomic E-state index is 12.8. The Hall–Kier alpha value is -3.26. The van der Waals surface area contributed by atoms with Gasteiger partial charge in [-0.3, -0.25) is 19.3 Å². The van der Waals surface area contributed by atoms with Gasteiger partial charge in [-0.1, -0.05) is 65.2 Å². The number of benzene rings is 3. The van der Waals surface area contributed by atoms with Gasteiger partial charge in [-0.25, -0.2) is 0 Å². The number of anilines is 1. The van der Waals surface area contributed by atoms with Gasteiger partial charge in [0, 0.05) is 10.7 Å². The number of rotatable bonds is 7. The first-order valence-corrected chi connectivity index (χ1v) is 12.6. The van der Waals surface area contributed by atoms with Crippen molar-refractivity contribution in [2.75, 3.05) is 11.9 Å². The van der Waals surface area contributed by atoms with Crippen molar-refractivity contribution < 1.29 is 19.1 Å². The first-order valence-electron chi connectivity index (χ1n) is 11.0. The van der Waals surface area contributed by atoms with Crippen LogP contribution in [0, 0.1) is 13.8 Å². The Kier molecular flexibility index (Phi) is 8.04. The average Bonchev–Trinajstić information content (AvgIpc) is 3.08. The highest BCUT2D eigenvalue weighted by Gasteiger charge is 2.35. The summed E-state index contributed by atoms with van der Waals surface area (Å²) in [7, 11) is 0. The van der Waals surface area contributed by atoms with E-state index in [1.165, 1.54) is 4.90 Å². The summed E-state index contributed by atoms with van der Waals surface area (Å²) in [5.74, 6) is -0.397. The number of hydrogen-bond donors (Lipinski definition) is 1. The van der Waals surface area contributed by atoms with Crippen LogP contribution >= 0.6 is 35.0 Å². The molecule has 1 fully saturated rings. The molecule has 1 saturated heterocycles. The van der Waals surface area contributed by atoms with Crippen molar-refractivity contribution in [2.24, 2.45) is 0 Å². The Bertz CT molecular complexity index is 1390. The molecule has 0 aliphatic carbocycles. The zero-order chi connectivity index (χ0) is 25.8. The standard InChI is InChI=1S/C27H22Cl2N2O4S/c1-16-4-3-5-19(10-16)14-31-26(33)24(36-27(31)34)12-18-7-9-23(22(29)11-18)35-15-25(32)30-20-8-6-17(2)21(28)13-20/h3-13H,14-15H2,1-2H3,(H,30,32)/b24-12-. The van der Waals surface area contributed by atoms with E-state index in [2.05, 4.69) is 5.32 Å². The molecule has 3 aromatic rings. The predicted octanol–water partition coefficient (Wildman–Crippen LogP) is 6.86. The molecule has 1 N–H and O–H groups in total. The van der Waals surface area contributed by atoms with Gasteiger partial charge in [0.15, 0.2) is 6.61 Å². The first-order chi connectivity index (χ1) is 17.2. The minimum Gasteiger partial charge on any atom is -0.482 e. The van der Waals surface area contributed by atoms with E-state index in [-0.39, 0.29) is 35.2 Å². The van der Waals surface area contributed by atoms with Crippen LogP contribution in [0.25, 0.3) is 6.08 Å². The van der Waals surface area contributed by atoms with Crippen LogP contribution in [0.5, 0.6) is 5.75 Å². The van der Waals surface area contributed by atoms with Crippen molar-refractivity contribution in [1.29, 1.82) is 0 Å². The number of hydrogen-bond acceptors (Lipinski definition) is 5. The third-order valence-corrected chi connectivity index (χ3v) is 6.97. The maximum Gasteiger partial charge on any atom is 0.293 e. The Balaban J connectivity index is 1.38. The summed E-state index contributed by atoms with van der Waals surface area (Å²) in [6.45, 7) is 3.80. The molecular weight excluding hydrogens is 519 g/mol. The molecular formula is C27H22Cl2N2O4S. The van der Waals surface area contributed by atoms with E-state index in [4.69, 9.17) is 27.9 Å². The monoisotopic (exact) mass is 540 g/mol. The number of nitrogens with one attached hydrogen (secondary N) is 1. The lowest BCUT2D eigenvalue weighted by atomic mass is 10.1. The first kappa shape index (κ1) is 25.8. The summed E-state index contributed by atoms with van der Waals surface area (Å²) in [5.41, 5.74) is 4.06. The number of thioether (sulfide) groups is 1. The third-order valence-electron chi connectivity index (χ3n) is 5.36. The number of carbonyl (C=O) groups is 3. The normalized spacial score (nSPS) is 14.4. The van der Waals surface area contributed by atoms with Gasteiger partial charge in [0.1, 0.15) is 5.75 Å². The van der Waals surface area contributed by atoms with Gasteiger partial charge >= 0.3 is 0 Å². The molecule has 3 aromatic carbocycles. The summed E-state index contributed by atoms with van der Waals surface area (Å²) in [4.78, 5) is 39.0. The number of aryl methyl sites for hydroxylation is 2. The van der Waals surface area contributed by atoms with E-state index >= 15 is 0 Å². The van der Waals surface area contributed by atoms with Crippen LogP contribution in [0.1, 0.15) is 22.3 Å². The number of halogens is 2. The molecule has 0 atom stereocenters. The molecule has 1 aliphatic rings. The second-order valence-electron chi connectivity index (χ2n) is 8.25. The van der Waals surface area contributed by atoms with Crippen molar-refractivity contribution in [2.45, 2.75) is 20.4 Å². The summed E-state index contributed by atoms with van der Waals surface area (Å²) < 4.78 is 5.55. The van der Waals surface area contributed by atoms with Crippen LogP contribution in [-0.4, -0.2) is 28.6 Å². The average molecular weight is 541 g/mol. The zero-order valence-corrected chi connectivity index (χ0v) is 21.8. The Morgan fingerprint density at radius 2 is 1.83 bits per heavy atom. The van der Waals surface area contributed by atoms with Gasteiger partial charge in [-0.15, -0.1) is 0 Å². The number of carbonyl (C=O) groups excluding carboxylic acids is 3. The van der Waals surface area contributed by atoms with E-state index in [0.717, 1.165) is 28.5 Å². The smallest absolute Gasteiger partial charge is 0.293 e. The minimum atomic E-state index is -0.364. The molecule has 0 saturated carbocycles. The van der Waals surface area contributed by atoms with Crippen LogP contribution in [0.15, 0.2) is 65.6 Å². The fraction of sp³-hybridized carbons (Fsp3) is 0.148. The molecule has 0 spiro atoms. The SMILES string of the molecule is Cc1cccc(CN2C(=O)S/C(=C\c3ccc(OCC(=O)Nc4ccc(C)c(Cl)c4)c(Cl)c3)C2=O)c1. The van der Waals surface area contributed by atoms with Crippen molar-refractivity contribution in [1.82, 2.24) is 4.90 Å². The summed E-state index contributed by atoms with van der Waals surface area (Å²) in [6.07, 6.45) is 1.62. The van der Waals surface area contributed by atoms with Gasteiger partial charge < -0.3 is 10.1 Å². The molecule has 4 rings (SSSR count). The van der Waals surface area contributed by atoms with Gasteiger partial charge in [0.05, 0.1) is 16.5 Å². The molecule has 1 aliphatic heterocycles. The fourth-order valence-electron chi connectivity index (χ4n) is 3.52. The molecule has 3 amide bonds. The zero-order valence-electron chi connectivity index (χ0n) is 19.5. The Labute approximate surface area is 223 Å². The molecule has 9 heteroatoms. The van der Waals surface area contributed by atoms with E-state index < -0.39 is 0 Å². The number of imide groups is 1.